The van der Waals surface area contributed by atoms with Gasteiger partial charge in [0.15, 0.2) is 0 Å². The lowest BCUT2D eigenvalue weighted by Crippen LogP contribution is -2.41. The van der Waals surface area contributed by atoms with E-state index in [1.165, 1.54) is 24.6 Å². The molecule has 0 aromatic heterocycles. The fourth-order valence-corrected chi connectivity index (χ4v) is 2.72. The van der Waals surface area contributed by atoms with Crippen molar-refractivity contribution in [3.63, 3.8) is 0 Å². The van der Waals surface area contributed by atoms with Crippen LogP contribution in [-0.2, 0) is 0 Å². The van der Waals surface area contributed by atoms with E-state index in [1.54, 1.807) is 0 Å². The molecule has 6 heteroatoms. The Hall–Kier alpha value is -1.62. The predicted molar refractivity (Wildman–Crippen MR) is 77.0 cm³/mol. The van der Waals surface area contributed by atoms with E-state index in [0.29, 0.717) is 11.6 Å². The van der Waals surface area contributed by atoms with Crippen molar-refractivity contribution in [2.24, 2.45) is 5.41 Å². The average molecular weight is 297 g/mol. The van der Waals surface area contributed by atoms with Crippen LogP contribution in [0.4, 0.5) is 5.69 Å². The minimum atomic E-state index is -0.565. The van der Waals surface area contributed by atoms with Crippen LogP contribution in [-0.4, -0.2) is 17.4 Å². The van der Waals surface area contributed by atoms with Gasteiger partial charge in [0.1, 0.15) is 5.56 Å². The van der Waals surface area contributed by atoms with Crippen molar-refractivity contribution in [1.82, 2.24) is 5.32 Å². The number of nitrogens with one attached hydrogen (secondary N) is 1. The van der Waals surface area contributed by atoms with E-state index in [2.05, 4.69) is 12.2 Å². The highest BCUT2D eigenvalue weighted by atomic mass is 35.5. The Morgan fingerprint density at radius 2 is 2.20 bits per heavy atom. The quantitative estimate of drug-likeness (QED) is 0.667. The van der Waals surface area contributed by atoms with Gasteiger partial charge in [-0.3, -0.25) is 14.9 Å². The summed E-state index contributed by atoms with van der Waals surface area (Å²) < 4.78 is 0. The van der Waals surface area contributed by atoms with Gasteiger partial charge in [0.05, 0.1) is 4.92 Å². The molecule has 1 aliphatic carbocycles. The smallest absolute Gasteiger partial charge is 0.282 e. The zero-order chi connectivity index (χ0) is 14.8. The molecular weight excluding hydrogens is 280 g/mol. The maximum atomic E-state index is 12.2. The number of hydrogen-bond donors (Lipinski definition) is 1. The number of carbonyl (C=O) groups is 1. The van der Waals surface area contributed by atoms with E-state index in [1.807, 2.05) is 0 Å². The lowest BCUT2D eigenvalue weighted by Gasteiger charge is -2.41. The van der Waals surface area contributed by atoms with Crippen molar-refractivity contribution in [3.8, 4) is 0 Å². The minimum absolute atomic E-state index is 0.0214. The Morgan fingerprint density at radius 1 is 1.50 bits per heavy atom. The van der Waals surface area contributed by atoms with Gasteiger partial charge in [-0.15, -0.1) is 0 Å². The van der Waals surface area contributed by atoms with Crippen molar-refractivity contribution in [2.45, 2.75) is 32.6 Å². The largest absolute Gasteiger partial charge is 0.351 e. The number of amides is 1. The fourth-order valence-electron chi connectivity index (χ4n) is 2.54. The van der Waals surface area contributed by atoms with Crippen molar-refractivity contribution in [1.29, 1.82) is 0 Å². The van der Waals surface area contributed by atoms with Crippen LogP contribution < -0.4 is 5.32 Å². The topological polar surface area (TPSA) is 72.2 Å². The molecule has 2 rings (SSSR count). The summed E-state index contributed by atoms with van der Waals surface area (Å²) in [5.74, 6) is -0.432. The second-order valence-electron chi connectivity index (χ2n) is 5.31. The normalized spacial score (nSPS) is 16.3. The van der Waals surface area contributed by atoms with E-state index in [9.17, 15) is 14.9 Å². The number of nitrogens with zero attached hydrogens (tertiary/aromatic N) is 1. The summed E-state index contributed by atoms with van der Waals surface area (Å²) in [7, 11) is 0. The third-order valence-electron chi connectivity index (χ3n) is 4.19. The van der Waals surface area contributed by atoms with Crippen molar-refractivity contribution in [2.75, 3.05) is 6.54 Å². The zero-order valence-electron chi connectivity index (χ0n) is 11.3. The zero-order valence-corrected chi connectivity index (χ0v) is 12.1. The van der Waals surface area contributed by atoms with Crippen LogP contribution in [0.25, 0.3) is 0 Å². The van der Waals surface area contributed by atoms with Gasteiger partial charge in [-0.05, 0) is 36.8 Å². The Kier molecular flexibility index (Phi) is 4.28. The molecule has 0 radical (unpaired) electrons. The molecule has 0 atom stereocenters. The highest BCUT2D eigenvalue weighted by Crippen LogP contribution is 2.43. The van der Waals surface area contributed by atoms with Crippen LogP contribution in [0.2, 0.25) is 5.02 Å². The highest BCUT2D eigenvalue weighted by molar-refractivity contribution is 6.31. The summed E-state index contributed by atoms with van der Waals surface area (Å²) >= 11 is 5.82. The van der Waals surface area contributed by atoms with Crippen molar-refractivity contribution in [3.05, 3.63) is 38.9 Å². The fraction of sp³-hybridized carbons (Fsp3) is 0.500. The first-order chi connectivity index (χ1) is 9.47. The summed E-state index contributed by atoms with van der Waals surface area (Å²) in [6, 6.07) is 4.01. The summed E-state index contributed by atoms with van der Waals surface area (Å²) in [4.78, 5) is 22.5. The third kappa shape index (κ3) is 2.93. The van der Waals surface area contributed by atoms with Crippen LogP contribution in [0.3, 0.4) is 0 Å². The van der Waals surface area contributed by atoms with Gasteiger partial charge < -0.3 is 5.32 Å². The summed E-state index contributed by atoms with van der Waals surface area (Å²) in [5.41, 5.74) is -0.0256. The van der Waals surface area contributed by atoms with Crippen LogP contribution in [0.1, 0.15) is 43.0 Å². The van der Waals surface area contributed by atoms with Crippen molar-refractivity contribution >= 4 is 23.2 Å². The maximum absolute atomic E-state index is 12.2. The number of halogens is 1. The lowest BCUT2D eigenvalue weighted by atomic mass is 9.67. The number of rotatable bonds is 5. The Labute approximate surface area is 122 Å². The maximum Gasteiger partial charge on any atom is 0.282 e. The van der Waals surface area contributed by atoms with E-state index in [-0.39, 0.29) is 16.7 Å². The number of carbonyl (C=O) groups excluding carboxylic acids is 1. The molecule has 0 aliphatic heterocycles. The summed E-state index contributed by atoms with van der Waals surface area (Å²) in [6.07, 6.45) is 4.38. The van der Waals surface area contributed by atoms with Gasteiger partial charge in [-0.25, -0.2) is 0 Å². The monoisotopic (exact) mass is 296 g/mol. The number of hydrogen-bond acceptors (Lipinski definition) is 3. The molecule has 1 aromatic rings. The molecule has 1 aliphatic rings. The molecule has 5 nitrogen and oxygen atoms in total. The molecule has 108 valence electrons. The molecule has 1 N–H and O–H groups in total. The molecule has 1 saturated carbocycles. The van der Waals surface area contributed by atoms with E-state index in [0.717, 1.165) is 19.3 Å². The second-order valence-corrected chi connectivity index (χ2v) is 5.74. The Balaban J connectivity index is 2.12. The third-order valence-corrected chi connectivity index (χ3v) is 4.42. The molecule has 0 unspecified atom stereocenters. The van der Waals surface area contributed by atoms with Crippen molar-refractivity contribution < 1.29 is 9.72 Å². The molecule has 0 saturated heterocycles. The molecule has 1 amide bonds. The number of benzene rings is 1. The number of nitro benzene ring substituents is 1. The first-order valence-corrected chi connectivity index (χ1v) is 7.07. The van der Waals surface area contributed by atoms with E-state index >= 15 is 0 Å². The standard InChI is InChI=1S/C14H17ClN2O3/c1-2-14(6-3-7-14)9-16-13(18)11-8-10(15)4-5-12(11)17(19)20/h4-5,8H,2-3,6-7,9H2,1H3,(H,16,18). The van der Waals surface area contributed by atoms with Crippen LogP contribution in [0.5, 0.6) is 0 Å². The van der Waals surface area contributed by atoms with Gasteiger partial charge in [-0.2, -0.15) is 0 Å². The van der Waals surface area contributed by atoms with E-state index < -0.39 is 10.8 Å². The van der Waals surface area contributed by atoms with Gasteiger partial charge in [0.25, 0.3) is 11.6 Å². The minimum Gasteiger partial charge on any atom is -0.351 e. The highest BCUT2D eigenvalue weighted by Gasteiger charge is 2.35. The average Bonchev–Trinajstić information content (AvgIpc) is 2.37. The summed E-state index contributed by atoms with van der Waals surface area (Å²) in [6.45, 7) is 2.67. The lowest BCUT2D eigenvalue weighted by molar-refractivity contribution is -0.385. The van der Waals surface area contributed by atoms with Crippen LogP contribution in [0, 0.1) is 15.5 Å². The second kappa shape index (κ2) is 5.79. The molecule has 0 spiro atoms. The van der Waals surface area contributed by atoms with Gasteiger partial charge in [0, 0.05) is 17.6 Å². The molecule has 0 bridgehead atoms. The first-order valence-electron chi connectivity index (χ1n) is 6.69. The van der Waals surface area contributed by atoms with E-state index in [4.69, 9.17) is 11.6 Å². The first kappa shape index (κ1) is 14.8. The summed E-state index contributed by atoms with van der Waals surface area (Å²) in [5, 5.41) is 14.1. The molecule has 1 fully saturated rings. The molecular formula is C14H17ClN2O3. The molecule has 1 aromatic carbocycles. The number of nitro groups is 1. The molecule has 0 heterocycles. The Morgan fingerprint density at radius 3 is 2.70 bits per heavy atom. The SMILES string of the molecule is CCC1(CNC(=O)c2cc(Cl)ccc2[N+](=O)[O-])CCC1. The van der Waals surface area contributed by atoms with Gasteiger partial charge >= 0.3 is 0 Å². The van der Waals surface area contributed by atoms with Crippen LogP contribution in [0.15, 0.2) is 18.2 Å². The van der Waals surface area contributed by atoms with Gasteiger partial charge in [0.2, 0.25) is 0 Å². The molecule has 20 heavy (non-hydrogen) atoms. The van der Waals surface area contributed by atoms with Crippen LogP contribution >= 0.6 is 11.6 Å². The predicted octanol–water partition coefficient (Wildman–Crippen LogP) is 3.56. The Bertz CT molecular complexity index is 536. The van der Waals surface area contributed by atoms with Gasteiger partial charge in [-0.1, -0.05) is 24.9 Å².